The Kier molecular flexibility index (Phi) is 6.11. The van der Waals surface area contributed by atoms with Crippen molar-refractivity contribution in [2.24, 2.45) is 0 Å². The van der Waals surface area contributed by atoms with Crippen LogP contribution in [0.25, 0.3) is 0 Å². The number of nitrogens with zero attached hydrogens (tertiary/aromatic N) is 3. The lowest BCUT2D eigenvalue weighted by atomic mass is 10.1. The Morgan fingerprint density at radius 2 is 2.04 bits per heavy atom. The van der Waals surface area contributed by atoms with Crippen LogP contribution in [0.5, 0.6) is 0 Å². The van der Waals surface area contributed by atoms with Crippen molar-refractivity contribution in [2.75, 3.05) is 11.1 Å². The quantitative estimate of drug-likeness (QED) is 0.617. The zero-order chi connectivity index (χ0) is 18.5. The lowest BCUT2D eigenvalue weighted by Gasteiger charge is -2.12. The number of carbonyl (C=O) groups is 1. The second-order valence-electron chi connectivity index (χ2n) is 6.25. The molecule has 0 aliphatic rings. The van der Waals surface area contributed by atoms with Gasteiger partial charge in [-0.05, 0) is 49.8 Å². The zero-order valence-electron chi connectivity index (χ0n) is 15.2. The van der Waals surface area contributed by atoms with Crippen molar-refractivity contribution in [3.63, 3.8) is 0 Å². The van der Waals surface area contributed by atoms with Crippen LogP contribution in [0.3, 0.4) is 0 Å². The first-order chi connectivity index (χ1) is 12.5. The molecule has 0 spiro atoms. The monoisotopic (exact) mass is 386 g/mol. The number of benzene rings is 1. The number of rotatable bonds is 7. The van der Waals surface area contributed by atoms with E-state index in [0.29, 0.717) is 5.75 Å². The van der Waals surface area contributed by atoms with Gasteiger partial charge in [-0.15, -0.1) is 21.5 Å². The van der Waals surface area contributed by atoms with Crippen LogP contribution in [0.15, 0.2) is 41.1 Å². The van der Waals surface area contributed by atoms with Gasteiger partial charge < -0.3 is 9.88 Å². The molecule has 0 radical (unpaired) electrons. The highest BCUT2D eigenvalue weighted by Crippen LogP contribution is 2.23. The van der Waals surface area contributed by atoms with Gasteiger partial charge in [-0.1, -0.05) is 35.5 Å². The van der Waals surface area contributed by atoms with Gasteiger partial charge in [0.25, 0.3) is 0 Å². The summed E-state index contributed by atoms with van der Waals surface area (Å²) in [5.74, 6) is 0.280. The summed E-state index contributed by atoms with van der Waals surface area (Å²) in [6.45, 7) is 6.91. The van der Waals surface area contributed by atoms with Gasteiger partial charge in [0.1, 0.15) is 6.33 Å². The van der Waals surface area contributed by atoms with E-state index in [1.807, 2.05) is 18.4 Å². The van der Waals surface area contributed by atoms with Crippen molar-refractivity contribution in [1.82, 2.24) is 14.8 Å². The minimum Gasteiger partial charge on any atom is -0.325 e. The molecule has 26 heavy (non-hydrogen) atoms. The Hall–Kier alpha value is -2.12. The number of nitrogens with one attached hydrogen (secondary N) is 1. The van der Waals surface area contributed by atoms with Crippen LogP contribution in [-0.4, -0.2) is 26.4 Å². The minimum absolute atomic E-state index is 0.0298. The summed E-state index contributed by atoms with van der Waals surface area (Å²) in [7, 11) is 0. The molecule has 0 fully saturated rings. The third-order valence-corrected chi connectivity index (χ3v) is 5.95. The van der Waals surface area contributed by atoms with E-state index >= 15 is 0 Å². The molecule has 2 aromatic heterocycles. The van der Waals surface area contributed by atoms with Crippen molar-refractivity contribution >= 4 is 34.7 Å². The van der Waals surface area contributed by atoms with Gasteiger partial charge in [-0.3, -0.25) is 4.79 Å². The smallest absolute Gasteiger partial charge is 0.234 e. The highest BCUT2D eigenvalue weighted by Gasteiger charge is 2.12. The van der Waals surface area contributed by atoms with E-state index in [0.717, 1.165) is 34.9 Å². The maximum Gasteiger partial charge on any atom is 0.234 e. The van der Waals surface area contributed by atoms with E-state index in [4.69, 9.17) is 0 Å². The Bertz CT molecular complexity index is 864. The molecule has 3 aromatic rings. The Labute approximate surface area is 161 Å². The van der Waals surface area contributed by atoms with Gasteiger partial charge in [0, 0.05) is 17.1 Å². The van der Waals surface area contributed by atoms with E-state index in [-0.39, 0.29) is 5.91 Å². The molecular formula is C19H22N4OS2. The van der Waals surface area contributed by atoms with Crippen molar-refractivity contribution in [3.05, 3.63) is 57.5 Å². The molecule has 0 aliphatic heterocycles. The first-order valence-corrected chi connectivity index (χ1v) is 10.3. The molecule has 0 bridgehead atoms. The normalized spacial score (nSPS) is 10.9. The molecule has 0 atom stereocenters. The molecule has 0 aliphatic carbocycles. The summed E-state index contributed by atoms with van der Waals surface area (Å²) >= 11 is 3.16. The third kappa shape index (κ3) is 4.74. The average molecular weight is 387 g/mol. The van der Waals surface area contributed by atoms with Crippen LogP contribution < -0.4 is 5.32 Å². The zero-order valence-corrected chi connectivity index (χ0v) is 16.8. The van der Waals surface area contributed by atoms with Crippen LogP contribution in [0.1, 0.15) is 21.6 Å². The molecule has 1 aromatic carbocycles. The first kappa shape index (κ1) is 18.7. The Morgan fingerprint density at radius 3 is 2.73 bits per heavy atom. The number of aromatic nitrogens is 3. The van der Waals surface area contributed by atoms with E-state index in [1.54, 1.807) is 17.7 Å². The number of anilines is 1. The van der Waals surface area contributed by atoms with Crippen molar-refractivity contribution in [3.8, 4) is 0 Å². The molecule has 0 unspecified atom stereocenters. The molecule has 136 valence electrons. The maximum atomic E-state index is 12.4. The van der Waals surface area contributed by atoms with Crippen LogP contribution in [0.2, 0.25) is 0 Å². The van der Waals surface area contributed by atoms with Gasteiger partial charge in [0.2, 0.25) is 5.91 Å². The van der Waals surface area contributed by atoms with Crippen LogP contribution in [-0.2, 0) is 17.8 Å². The van der Waals surface area contributed by atoms with Gasteiger partial charge in [0.05, 0.1) is 5.75 Å². The lowest BCUT2D eigenvalue weighted by molar-refractivity contribution is -0.113. The summed E-state index contributed by atoms with van der Waals surface area (Å²) < 4.78 is 2.00. The number of thiophene rings is 1. The second kappa shape index (κ2) is 8.51. The molecule has 0 saturated heterocycles. The van der Waals surface area contributed by atoms with E-state index in [2.05, 4.69) is 52.1 Å². The number of aryl methyl sites for hydroxylation is 5. The molecular weight excluding hydrogens is 364 g/mol. The highest BCUT2D eigenvalue weighted by molar-refractivity contribution is 7.99. The van der Waals surface area contributed by atoms with Crippen molar-refractivity contribution in [1.29, 1.82) is 0 Å². The largest absolute Gasteiger partial charge is 0.325 e. The summed E-state index contributed by atoms with van der Waals surface area (Å²) in [6, 6.07) is 8.34. The average Bonchev–Trinajstić information content (AvgIpc) is 3.25. The van der Waals surface area contributed by atoms with Gasteiger partial charge in [-0.2, -0.15) is 0 Å². The second-order valence-corrected chi connectivity index (χ2v) is 8.22. The third-order valence-electron chi connectivity index (χ3n) is 4.03. The number of amides is 1. The molecule has 7 heteroatoms. The number of hydrogen-bond acceptors (Lipinski definition) is 5. The molecule has 1 N–H and O–H groups in total. The molecule has 5 nitrogen and oxygen atoms in total. The van der Waals surface area contributed by atoms with Crippen LogP contribution >= 0.6 is 23.1 Å². The highest BCUT2D eigenvalue weighted by atomic mass is 32.2. The molecule has 2 heterocycles. The van der Waals surface area contributed by atoms with Gasteiger partial charge in [0.15, 0.2) is 5.16 Å². The Balaban J connectivity index is 1.56. The maximum absolute atomic E-state index is 12.4. The molecule has 3 rings (SSSR count). The fraction of sp³-hybridized carbons (Fsp3) is 0.316. The van der Waals surface area contributed by atoms with Gasteiger partial charge in [-0.25, -0.2) is 0 Å². The van der Waals surface area contributed by atoms with Crippen molar-refractivity contribution < 1.29 is 4.79 Å². The van der Waals surface area contributed by atoms with Crippen LogP contribution in [0, 0.1) is 20.8 Å². The standard InChI is InChI=1S/C19H22N4OS2/c1-13-9-14(2)18(15(3)10-13)21-17(24)11-26-19-22-20-12-23(19)7-6-16-5-4-8-25-16/h4-5,8-10,12H,6-7,11H2,1-3H3,(H,21,24). The predicted molar refractivity (Wildman–Crippen MR) is 108 cm³/mol. The molecule has 0 saturated carbocycles. The van der Waals surface area contributed by atoms with Gasteiger partial charge >= 0.3 is 0 Å². The number of thioether (sulfide) groups is 1. The van der Waals surface area contributed by atoms with E-state index < -0.39 is 0 Å². The summed E-state index contributed by atoms with van der Waals surface area (Å²) in [5, 5.41) is 14.0. The first-order valence-electron chi connectivity index (χ1n) is 8.43. The minimum atomic E-state index is -0.0298. The fourth-order valence-corrected chi connectivity index (χ4v) is 4.32. The molecule has 1 amide bonds. The topological polar surface area (TPSA) is 59.8 Å². The van der Waals surface area contributed by atoms with Crippen molar-refractivity contribution in [2.45, 2.75) is 38.9 Å². The SMILES string of the molecule is Cc1cc(C)c(NC(=O)CSc2nncn2CCc2cccs2)c(C)c1. The Morgan fingerprint density at radius 1 is 1.27 bits per heavy atom. The fourth-order valence-electron chi connectivity index (χ4n) is 2.88. The van der Waals surface area contributed by atoms with E-state index in [1.165, 1.54) is 22.2 Å². The lowest BCUT2D eigenvalue weighted by Crippen LogP contribution is -2.16. The summed E-state index contributed by atoms with van der Waals surface area (Å²) in [6.07, 6.45) is 2.67. The van der Waals surface area contributed by atoms with E-state index in [9.17, 15) is 4.79 Å². The van der Waals surface area contributed by atoms with Crippen LogP contribution in [0.4, 0.5) is 5.69 Å². The number of carbonyl (C=O) groups excluding carboxylic acids is 1. The summed E-state index contributed by atoms with van der Waals surface area (Å²) in [5.41, 5.74) is 4.27. The number of hydrogen-bond donors (Lipinski definition) is 1. The predicted octanol–water partition coefficient (Wildman–Crippen LogP) is 4.24. The summed E-state index contributed by atoms with van der Waals surface area (Å²) in [4.78, 5) is 13.7.